The van der Waals surface area contributed by atoms with Crippen LogP contribution in [0.3, 0.4) is 0 Å². The smallest absolute Gasteiger partial charge is 0.246 e. The van der Waals surface area contributed by atoms with E-state index in [1.807, 2.05) is 25.7 Å². The van der Waals surface area contributed by atoms with Crippen LogP contribution in [0.4, 0.5) is 0 Å². The minimum Gasteiger partial charge on any atom is -0.378 e. The maximum atomic E-state index is 12.6. The number of amides is 2. The zero-order valence-corrected chi connectivity index (χ0v) is 12.7. The Balaban J connectivity index is 2.06. The number of nitrogens with zero attached hydrogens (tertiary/aromatic N) is 1. The standard InChI is InChI=1S/C15H26N2O3/c1-4-7-12-15(19)17(13(5-2)14(18)16-12)10-8-11(9-10)20-6-3/h10-13H,4-9H2,1-3H3,(H,16,18). The molecule has 0 aromatic carbocycles. The summed E-state index contributed by atoms with van der Waals surface area (Å²) in [6, 6.07) is -0.459. The van der Waals surface area contributed by atoms with Crippen molar-refractivity contribution in [3.05, 3.63) is 0 Å². The molecule has 2 fully saturated rings. The third kappa shape index (κ3) is 2.82. The molecule has 1 heterocycles. The van der Waals surface area contributed by atoms with Gasteiger partial charge in [-0.2, -0.15) is 0 Å². The summed E-state index contributed by atoms with van der Waals surface area (Å²) in [5.41, 5.74) is 0. The molecule has 114 valence electrons. The quantitative estimate of drug-likeness (QED) is 0.802. The van der Waals surface area contributed by atoms with Gasteiger partial charge in [-0.05, 0) is 32.6 Å². The van der Waals surface area contributed by atoms with E-state index < -0.39 is 0 Å². The van der Waals surface area contributed by atoms with Gasteiger partial charge in [0.05, 0.1) is 6.10 Å². The summed E-state index contributed by atoms with van der Waals surface area (Å²) in [7, 11) is 0. The van der Waals surface area contributed by atoms with Crippen LogP contribution < -0.4 is 5.32 Å². The highest BCUT2D eigenvalue weighted by molar-refractivity contribution is 5.97. The third-order valence-corrected chi connectivity index (χ3v) is 4.34. The van der Waals surface area contributed by atoms with Crippen molar-refractivity contribution < 1.29 is 14.3 Å². The average molecular weight is 282 g/mol. The molecule has 2 rings (SSSR count). The molecule has 2 atom stereocenters. The van der Waals surface area contributed by atoms with E-state index in [1.54, 1.807) is 0 Å². The molecule has 20 heavy (non-hydrogen) atoms. The van der Waals surface area contributed by atoms with Gasteiger partial charge in [0.2, 0.25) is 11.8 Å². The van der Waals surface area contributed by atoms with Gasteiger partial charge >= 0.3 is 0 Å². The lowest BCUT2D eigenvalue weighted by molar-refractivity contribution is -0.159. The summed E-state index contributed by atoms with van der Waals surface area (Å²) in [5.74, 6) is 0.101. The van der Waals surface area contributed by atoms with Gasteiger partial charge in [-0.1, -0.05) is 20.3 Å². The highest BCUT2D eigenvalue weighted by atomic mass is 16.5. The summed E-state index contributed by atoms with van der Waals surface area (Å²) < 4.78 is 5.57. The molecule has 1 saturated carbocycles. The second kappa shape index (κ2) is 6.57. The SMILES string of the molecule is CCCC1NC(=O)C(CC)N(C2CC(OCC)C2)C1=O. The minimum absolute atomic E-state index is 0.00501. The van der Waals surface area contributed by atoms with Gasteiger partial charge < -0.3 is 15.0 Å². The molecule has 0 bridgehead atoms. The van der Waals surface area contributed by atoms with Crippen molar-refractivity contribution in [2.24, 2.45) is 0 Å². The van der Waals surface area contributed by atoms with Crippen LogP contribution in [-0.2, 0) is 14.3 Å². The predicted molar refractivity (Wildman–Crippen MR) is 76.2 cm³/mol. The molecular formula is C15H26N2O3. The molecule has 2 amide bonds. The van der Waals surface area contributed by atoms with Crippen LogP contribution in [0.2, 0.25) is 0 Å². The lowest BCUT2D eigenvalue weighted by atomic mass is 9.84. The van der Waals surface area contributed by atoms with Crippen molar-refractivity contribution in [2.45, 2.75) is 77.1 Å². The Morgan fingerprint density at radius 3 is 2.50 bits per heavy atom. The molecule has 2 unspecified atom stereocenters. The molecule has 0 aromatic heterocycles. The van der Waals surface area contributed by atoms with Gasteiger partial charge in [-0.15, -0.1) is 0 Å². The maximum absolute atomic E-state index is 12.6. The first kappa shape index (κ1) is 15.3. The van der Waals surface area contributed by atoms with E-state index >= 15 is 0 Å². The summed E-state index contributed by atoms with van der Waals surface area (Å²) in [6.45, 7) is 6.69. The number of hydrogen-bond donors (Lipinski definition) is 1. The molecule has 0 spiro atoms. The molecule has 0 radical (unpaired) electrons. The number of ether oxygens (including phenoxy) is 1. The summed E-state index contributed by atoms with van der Waals surface area (Å²) in [6.07, 6.45) is 4.27. The average Bonchev–Trinajstić information content (AvgIpc) is 2.38. The normalized spacial score (nSPS) is 33.9. The largest absolute Gasteiger partial charge is 0.378 e. The summed E-state index contributed by atoms with van der Waals surface area (Å²) in [4.78, 5) is 26.6. The lowest BCUT2D eigenvalue weighted by Crippen LogP contribution is -2.67. The van der Waals surface area contributed by atoms with Crippen LogP contribution in [0.1, 0.15) is 52.9 Å². The number of rotatable bonds is 6. The van der Waals surface area contributed by atoms with Crippen LogP contribution in [-0.4, -0.2) is 47.6 Å². The number of piperazine rings is 1. The first-order valence-corrected chi connectivity index (χ1v) is 7.86. The summed E-state index contributed by atoms with van der Waals surface area (Å²) in [5, 5.41) is 2.88. The Labute approximate surface area is 121 Å². The fourth-order valence-corrected chi connectivity index (χ4v) is 3.23. The molecule has 1 saturated heterocycles. The Kier molecular flexibility index (Phi) is 5.02. The van der Waals surface area contributed by atoms with Gasteiger partial charge in [-0.25, -0.2) is 0 Å². The summed E-state index contributed by atoms with van der Waals surface area (Å²) >= 11 is 0. The Hall–Kier alpha value is -1.10. The molecule has 2 aliphatic rings. The zero-order chi connectivity index (χ0) is 14.7. The fourth-order valence-electron chi connectivity index (χ4n) is 3.23. The van der Waals surface area contributed by atoms with Crippen molar-refractivity contribution >= 4 is 11.8 Å². The van der Waals surface area contributed by atoms with E-state index in [0.29, 0.717) is 13.0 Å². The van der Waals surface area contributed by atoms with E-state index in [2.05, 4.69) is 5.32 Å². The molecule has 1 N–H and O–H groups in total. The first-order chi connectivity index (χ1) is 9.62. The molecule has 0 aromatic rings. The molecule has 5 heteroatoms. The third-order valence-electron chi connectivity index (χ3n) is 4.34. The second-order valence-electron chi connectivity index (χ2n) is 5.72. The van der Waals surface area contributed by atoms with Crippen molar-refractivity contribution in [1.29, 1.82) is 0 Å². The lowest BCUT2D eigenvalue weighted by Gasteiger charge is -2.49. The van der Waals surface area contributed by atoms with Crippen molar-refractivity contribution in [3.8, 4) is 0 Å². The van der Waals surface area contributed by atoms with Crippen LogP contribution in [0.15, 0.2) is 0 Å². The van der Waals surface area contributed by atoms with E-state index in [4.69, 9.17) is 4.74 Å². The molecular weight excluding hydrogens is 256 g/mol. The van der Waals surface area contributed by atoms with Crippen molar-refractivity contribution in [2.75, 3.05) is 6.61 Å². The van der Waals surface area contributed by atoms with Gasteiger partial charge in [0.1, 0.15) is 12.1 Å². The van der Waals surface area contributed by atoms with Gasteiger partial charge in [0.25, 0.3) is 0 Å². The van der Waals surface area contributed by atoms with Crippen LogP contribution in [0.5, 0.6) is 0 Å². The monoisotopic (exact) mass is 282 g/mol. The van der Waals surface area contributed by atoms with Crippen LogP contribution in [0, 0.1) is 0 Å². The van der Waals surface area contributed by atoms with Crippen LogP contribution in [0.25, 0.3) is 0 Å². The van der Waals surface area contributed by atoms with Crippen molar-refractivity contribution in [3.63, 3.8) is 0 Å². The zero-order valence-electron chi connectivity index (χ0n) is 12.7. The number of carbonyl (C=O) groups excluding carboxylic acids is 2. The fraction of sp³-hybridized carbons (Fsp3) is 0.867. The first-order valence-electron chi connectivity index (χ1n) is 7.86. The van der Waals surface area contributed by atoms with E-state index in [0.717, 1.165) is 25.7 Å². The van der Waals surface area contributed by atoms with Crippen LogP contribution >= 0.6 is 0 Å². The van der Waals surface area contributed by atoms with E-state index in [9.17, 15) is 9.59 Å². The van der Waals surface area contributed by atoms with E-state index in [1.165, 1.54) is 0 Å². The maximum Gasteiger partial charge on any atom is 0.246 e. The minimum atomic E-state index is -0.332. The second-order valence-corrected chi connectivity index (χ2v) is 5.72. The topological polar surface area (TPSA) is 58.6 Å². The molecule has 5 nitrogen and oxygen atoms in total. The number of hydrogen-bond acceptors (Lipinski definition) is 3. The molecule has 1 aliphatic heterocycles. The van der Waals surface area contributed by atoms with E-state index in [-0.39, 0.29) is 36.0 Å². The van der Waals surface area contributed by atoms with Crippen molar-refractivity contribution in [1.82, 2.24) is 10.2 Å². The van der Waals surface area contributed by atoms with Gasteiger partial charge in [-0.3, -0.25) is 9.59 Å². The van der Waals surface area contributed by atoms with Gasteiger partial charge in [0.15, 0.2) is 0 Å². The molecule has 1 aliphatic carbocycles. The Bertz CT molecular complexity index is 366. The number of carbonyl (C=O) groups is 2. The Morgan fingerprint density at radius 2 is 1.95 bits per heavy atom. The highest BCUT2D eigenvalue weighted by Gasteiger charge is 2.46. The predicted octanol–water partition coefficient (Wildman–Crippen LogP) is 1.46. The highest BCUT2D eigenvalue weighted by Crippen LogP contribution is 2.32. The van der Waals surface area contributed by atoms with Gasteiger partial charge in [0, 0.05) is 12.6 Å². The number of nitrogens with one attached hydrogen (secondary N) is 1. The Morgan fingerprint density at radius 1 is 1.25 bits per heavy atom.